The van der Waals surface area contributed by atoms with Crippen LogP contribution in [0.4, 0.5) is 16.2 Å². The van der Waals surface area contributed by atoms with E-state index in [1.54, 1.807) is 55.8 Å². The molecular formula is C25H27N5O5S. The second-order valence-electron chi connectivity index (χ2n) is 8.14. The number of benzene rings is 2. The van der Waals surface area contributed by atoms with E-state index in [1.165, 1.54) is 4.90 Å². The summed E-state index contributed by atoms with van der Waals surface area (Å²) in [6, 6.07) is 14.7. The van der Waals surface area contributed by atoms with Crippen molar-refractivity contribution in [3.8, 4) is 10.4 Å². The normalized spacial score (nSPS) is 11.3. The van der Waals surface area contributed by atoms with Crippen LogP contribution in [0, 0.1) is 0 Å². The lowest BCUT2D eigenvalue weighted by molar-refractivity contribution is -0.131. The molecule has 0 bridgehead atoms. The molecule has 188 valence electrons. The minimum Gasteiger partial charge on any atom is -0.465 e. The molecule has 0 saturated carbocycles. The molecule has 0 aliphatic rings. The van der Waals surface area contributed by atoms with Gasteiger partial charge in [0.05, 0.1) is 17.9 Å². The van der Waals surface area contributed by atoms with Crippen LogP contribution in [0.15, 0.2) is 60.0 Å². The Hall–Kier alpha value is -4.38. The van der Waals surface area contributed by atoms with Gasteiger partial charge < -0.3 is 31.7 Å². The largest absolute Gasteiger partial charge is 0.465 e. The quantitative estimate of drug-likeness (QED) is 0.280. The summed E-state index contributed by atoms with van der Waals surface area (Å²) in [6.07, 6.45) is -1.33. The summed E-state index contributed by atoms with van der Waals surface area (Å²) in [7, 11) is 3.10. The second-order valence-corrected chi connectivity index (χ2v) is 9.09. The molecule has 0 spiro atoms. The summed E-state index contributed by atoms with van der Waals surface area (Å²) in [6.45, 7) is -0.250. The fraction of sp³-hybridized carbons (Fsp3) is 0.200. The minimum absolute atomic E-state index is 0.0337. The van der Waals surface area contributed by atoms with Crippen molar-refractivity contribution in [2.75, 3.05) is 31.7 Å². The number of carbonyl (C=O) groups excluding carboxylic acids is 3. The van der Waals surface area contributed by atoms with E-state index in [2.05, 4.69) is 16.0 Å². The first-order valence-electron chi connectivity index (χ1n) is 10.9. The summed E-state index contributed by atoms with van der Waals surface area (Å²) in [5.41, 5.74) is 8.90. The molecule has 3 rings (SSSR count). The van der Waals surface area contributed by atoms with Crippen LogP contribution in [0.2, 0.25) is 0 Å². The third kappa shape index (κ3) is 7.06. The van der Waals surface area contributed by atoms with Crippen LogP contribution in [0.5, 0.6) is 0 Å². The molecule has 0 saturated heterocycles. The topological polar surface area (TPSA) is 154 Å². The summed E-state index contributed by atoms with van der Waals surface area (Å²) < 4.78 is 0. The number of amides is 4. The van der Waals surface area contributed by atoms with Crippen LogP contribution < -0.4 is 21.7 Å². The Bertz CT molecular complexity index is 1240. The Morgan fingerprint density at radius 3 is 2.39 bits per heavy atom. The first-order valence-corrected chi connectivity index (χ1v) is 11.8. The number of anilines is 2. The standard InChI is InChI=1S/C25H27N5O5S/c1-30(2)22(31)14-27-24(33)20(29-25(34)35)12-15-5-7-16(8-6-15)23(32)28-19-13-17(9-10-18(19)26)21-4-3-11-36-21/h3-11,13,20,29H,12,14,26H2,1-2H3,(H,27,33)(H,28,32)(H,34,35)/t20-/m0/s1. The van der Waals surface area contributed by atoms with Gasteiger partial charge in [-0.15, -0.1) is 11.3 Å². The number of thiophene rings is 1. The zero-order valence-corrected chi connectivity index (χ0v) is 20.6. The molecule has 1 heterocycles. The SMILES string of the molecule is CN(C)C(=O)CNC(=O)[C@H](Cc1ccc(C(=O)Nc2cc(-c3cccs3)ccc2N)cc1)NC(=O)O. The molecule has 10 nitrogen and oxygen atoms in total. The number of nitrogens with one attached hydrogen (secondary N) is 3. The Labute approximate surface area is 212 Å². The monoisotopic (exact) mass is 509 g/mol. The van der Waals surface area contributed by atoms with Gasteiger partial charge in [-0.3, -0.25) is 14.4 Å². The summed E-state index contributed by atoms with van der Waals surface area (Å²) in [5.74, 6) is -1.32. The van der Waals surface area contributed by atoms with Gasteiger partial charge >= 0.3 is 6.09 Å². The zero-order chi connectivity index (χ0) is 26.2. The first kappa shape index (κ1) is 26.2. The van der Waals surface area contributed by atoms with Crippen molar-refractivity contribution in [2.24, 2.45) is 0 Å². The van der Waals surface area contributed by atoms with Crippen LogP contribution in [-0.4, -0.2) is 60.5 Å². The second kappa shape index (κ2) is 11.8. The zero-order valence-electron chi connectivity index (χ0n) is 19.8. The molecule has 2 aromatic carbocycles. The van der Waals surface area contributed by atoms with Gasteiger partial charge in [-0.25, -0.2) is 4.79 Å². The number of nitrogens with two attached hydrogens (primary N) is 1. The molecule has 3 aromatic rings. The van der Waals surface area contributed by atoms with Crippen LogP contribution in [0.1, 0.15) is 15.9 Å². The van der Waals surface area contributed by atoms with Crippen LogP contribution in [0.3, 0.4) is 0 Å². The maximum Gasteiger partial charge on any atom is 0.405 e. The number of hydrogen-bond donors (Lipinski definition) is 5. The Morgan fingerprint density at radius 2 is 1.78 bits per heavy atom. The first-order chi connectivity index (χ1) is 17.1. The fourth-order valence-corrected chi connectivity index (χ4v) is 4.01. The highest BCUT2D eigenvalue weighted by molar-refractivity contribution is 7.13. The van der Waals surface area contributed by atoms with Crippen LogP contribution >= 0.6 is 11.3 Å². The lowest BCUT2D eigenvalue weighted by Gasteiger charge is -2.18. The number of nitrogen functional groups attached to an aromatic ring is 1. The Morgan fingerprint density at radius 1 is 1.06 bits per heavy atom. The van der Waals surface area contributed by atoms with Gasteiger partial charge in [0.25, 0.3) is 5.91 Å². The van der Waals surface area contributed by atoms with Gasteiger partial charge in [0.2, 0.25) is 11.8 Å². The minimum atomic E-state index is -1.37. The van der Waals surface area contributed by atoms with Crippen LogP contribution in [-0.2, 0) is 16.0 Å². The predicted octanol–water partition coefficient (Wildman–Crippen LogP) is 2.63. The summed E-state index contributed by atoms with van der Waals surface area (Å²) in [5, 5.41) is 18.5. The summed E-state index contributed by atoms with van der Waals surface area (Å²) in [4.78, 5) is 50.5. The lowest BCUT2D eigenvalue weighted by atomic mass is 10.0. The van der Waals surface area contributed by atoms with Crippen molar-refractivity contribution in [1.82, 2.24) is 15.5 Å². The molecule has 1 atom stereocenters. The summed E-state index contributed by atoms with van der Waals surface area (Å²) >= 11 is 1.58. The van der Waals surface area contributed by atoms with Crippen molar-refractivity contribution in [1.29, 1.82) is 0 Å². The number of hydrogen-bond acceptors (Lipinski definition) is 6. The highest BCUT2D eigenvalue weighted by Crippen LogP contribution is 2.30. The molecule has 0 aliphatic carbocycles. The van der Waals surface area contributed by atoms with E-state index in [-0.39, 0.29) is 24.8 Å². The van der Waals surface area contributed by atoms with E-state index in [1.807, 2.05) is 29.6 Å². The average molecular weight is 510 g/mol. The molecule has 0 unspecified atom stereocenters. The van der Waals surface area contributed by atoms with Gasteiger partial charge in [-0.2, -0.15) is 0 Å². The Kier molecular flexibility index (Phi) is 8.63. The molecule has 6 N–H and O–H groups in total. The lowest BCUT2D eigenvalue weighted by Crippen LogP contribution is -2.49. The van der Waals surface area contributed by atoms with E-state index >= 15 is 0 Å². The number of likely N-dealkylation sites (N-methyl/N-ethyl adjacent to an activating group) is 1. The van der Waals surface area contributed by atoms with Crippen molar-refractivity contribution >= 4 is 46.5 Å². The van der Waals surface area contributed by atoms with Gasteiger partial charge in [0, 0.05) is 31.0 Å². The molecule has 0 radical (unpaired) electrons. The number of carboxylic acid groups (broad SMARTS) is 1. The number of carbonyl (C=O) groups is 4. The van der Waals surface area contributed by atoms with E-state index < -0.39 is 18.0 Å². The van der Waals surface area contributed by atoms with E-state index in [0.717, 1.165) is 10.4 Å². The van der Waals surface area contributed by atoms with Gasteiger partial charge in [-0.1, -0.05) is 24.3 Å². The van der Waals surface area contributed by atoms with E-state index in [4.69, 9.17) is 10.8 Å². The molecule has 1 aromatic heterocycles. The Balaban J connectivity index is 1.67. The van der Waals surface area contributed by atoms with Crippen molar-refractivity contribution in [3.05, 3.63) is 71.1 Å². The van der Waals surface area contributed by atoms with Gasteiger partial charge in [0.1, 0.15) is 6.04 Å². The molecule has 4 amide bonds. The molecular weight excluding hydrogens is 482 g/mol. The van der Waals surface area contributed by atoms with Crippen molar-refractivity contribution in [3.63, 3.8) is 0 Å². The number of nitrogens with zero attached hydrogens (tertiary/aromatic N) is 1. The molecule has 0 aliphatic heterocycles. The smallest absolute Gasteiger partial charge is 0.405 e. The molecule has 0 fully saturated rings. The van der Waals surface area contributed by atoms with Crippen molar-refractivity contribution in [2.45, 2.75) is 12.5 Å². The van der Waals surface area contributed by atoms with Crippen LogP contribution in [0.25, 0.3) is 10.4 Å². The predicted molar refractivity (Wildman–Crippen MR) is 139 cm³/mol. The third-order valence-corrected chi connectivity index (χ3v) is 6.21. The highest BCUT2D eigenvalue weighted by Gasteiger charge is 2.22. The maximum atomic E-state index is 12.8. The van der Waals surface area contributed by atoms with E-state index in [9.17, 15) is 19.2 Å². The molecule has 11 heteroatoms. The van der Waals surface area contributed by atoms with Gasteiger partial charge in [-0.05, 0) is 46.8 Å². The number of rotatable bonds is 9. The van der Waals surface area contributed by atoms with E-state index in [0.29, 0.717) is 22.5 Å². The van der Waals surface area contributed by atoms with Gasteiger partial charge in [0.15, 0.2) is 0 Å². The maximum absolute atomic E-state index is 12.8. The fourth-order valence-electron chi connectivity index (χ4n) is 3.29. The molecule has 36 heavy (non-hydrogen) atoms. The van der Waals surface area contributed by atoms with Crippen molar-refractivity contribution < 1.29 is 24.3 Å². The highest BCUT2D eigenvalue weighted by atomic mass is 32.1. The third-order valence-electron chi connectivity index (χ3n) is 5.29. The average Bonchev–Trinajstić information content (AvgIpc) is 3.38.